The van der Waals surface area contributed by atoms with Crippen LogP contribution in [0.4, 0.5) is 0 Å². The van der Waals surface area contributed by atoms with Crippen molar-refractivity contribution >= 4 is 27.3 Å². The molecule has 3 rings (SSSR count). The molecule has 1 aromatic heterocycles. The first kappa shape index (κ1) is 22.6. The van der Waals surface area contributed by atoms with Crippen molar-refractivity contribution in [2.24, 2.45) is 11.8 Å². The van der Waals surface area contributed by atoms with Gasteiger partial charge in [-0.05, 0) is 42.3 Å². The summed E-state index contributed by atoms with van der Waals surface area (Å²) in [7, 11) is -0.244. The van der Waals surface area contributed by atoms with Gasteiger partial charge in [0.25, 0.3) is 10.0 Å². The van der Waals surface area contributed by atoms with Crippen LogP contribution in [0.15, 0.2) is 39.9 Å². The average Bonchev–Trinajstić information content (AvgIpc) is 3.32. The van der Waals surface area contributed by atoms with Gasteiger partial charge in [0.2, 0.25) is 5.91 Å². The summed E-state index contributed by atoms with van der Waals surface area (Å²) in [6, 6.07) is 8.87. The molecule has 1 N–H and O–H groups in total. The van der Waals surface area contributed by atoms with E-state index in [1.807, 2.05) is 19.1 Å². The van der Waals surface area contributed by atoms with E-state index in [1.54, 1.807) is 37.8 Å². The summed E-state index contributed by atoms with van der Waals surface area (Å²) in [5.41, 5.74) is 0.871. The maximum Gasteiger partial charge on any atom is 0.252 e. The van der Waals surface area contributed by atoms with Crippen LogP contribution in [-0.2, 0) is 21.4 Å². The third-order valence-electron chi connectivity index (χ3n) is 5.66. The van der Waals surface area contributed by atoms with E-state index < -0.39 is 10.0 Å². The molecule has 1 aromatic carbocycles. The molecule has 1 aliphatic heterocycles. The van der Waals surface area contributed by atoms with Crippen LogP contribution in [-0.4, -0.2) is 45.9 Å². The number of sulfonamides is 1. The second-order valence-electron chi connectivity index (χ2n) is 7.36. The number of ether oxygens (including phenoxy) is 2. The fourth-order valence-electron chi connectivity index (χ4n) is 3.71. The van der Waals surface area contributed by atoms with Crippen molar-refractivity contribution in [2.75, 3.05) is 27.3 Å². The van der Waals surface area contributed by atoms with Crippen molar-refractivity contribution in [1.29, 1.82) is 0 Å². The number of amides is 1. The Balaban J connectivity index is 1.54. The standard InChI is InChI=1S/C21H28N2O5S2/c1-15(21(24)22-14-17-6-7-18(27-2)13-19(17)28-3)16-8-10-23(11-9-16)30(25,26)20-5-4-12-29-20/h4-7,12-13,15-16H,8-11,14H2,1-3H3,(H,22,24). The molecule has 0 aliphatic carbocycles. The molecule has 1 atom stereocenters. The van der Waals surface area contributed by atoms with E-state index >= 15 is 0 Å². The predicted molar refractivity (Wildman–Crippen MR) is 116 cm³/mol. The highest BCUT2D eigenvalue weighted by molar-refractivity contribution is 7.91. The first-order chi connectivity index (χ1) is 14.4. The van der Waals surface area contributed by atoms with Gasteiger partial charge in [0.05, 0.1) is 14.2 Å². The molecule has 0 spiro atoms. The molecular formula is C21H28N2O5S2. The number of methoxy groups -OCH3 is 2. The van der Waals surface area contributed by atoms with Crippen LogP contribution < -0.4 is 14.8 Å². The minimum Gasteiger partial charge on any atom is -0.497 e. The highest BCUT2D eigenvalue weighted by Crippen LogP contribution is 2.30. The van der Waals surface area contributed by atoms with Gasteiger partial charge in [-0.2, -0.15) is 4.31 Å². The summed E-state index contributed by atoms with van der Waals surface area (Å²) in [5.74, 6) is 1.28. The fraction of sp³-hybridized carbons (Fsp3) is 0.476. The minimum absolute atomic E-state index is 0.0348. The van der Waals surface area contributed by atoms with Crippen LogP contribution in [0.1, 0.15) is 25.3 Å². The van der Waals surface area contributed by atoms with Crippen molar-refractivity contribution in [3.8, 4) is 11.5 Å². The minimum atomic E-state index is -3.42. The molecule has 1 unspecified atom stereocenters. The van der Waals surface area contributed by atoms with Gasteiger partial charge in [-0.3, -0.25) is 4.79 Å². The van der Waals surface area contributed by atoms with E-state index in [4.69, 9.17) is 9.47 Å². The molecule has 1 saturated heterocycles. The maximum absolute atomic E-state index is 12.7. The van der Waals surface area contributed by atoms with E-state index in [-0.39, 0.29) is 17.7 Å². The van der Waals surface area contributed by atoms with E-state index in [9.17, 15) is 13.2 Å². The van der Waals surface area contributed by atoms with Crippen molar-refractivity contribution in [3.63, 3.8) is 0 Å². The Morgan fingerprint density at radius 3 is 2.57 bits per heavy atom. The normalized spacial score (nSPS) is 16.8. The smallest absolute Gasteiger partial charge is 0.252 e. The van der Waals surface area contributed by atoms with E-state index in [2.05, 4.69) is 5.32 Å². The molecule has 2 aromatic rings. The number of nitrogens with zero attached hydrogens (tertiary/aromatic N) is 1. The number of piperidine rings is 1. The quantitative estimate of drug-likeness (QED) is 0.665. The fourth-order valence-corrected chi connectivity index (χ4v) is 6.32. The molecule has 9 heteroatoms. The highest BCUT2D eigenvalue weighted by atomic mass is 32.2. The second-order valence-corrected chi connectivity index (χ2v) is 10.5. The summed E-state index contributed by atoms with van der Waals surface area (Å²) in [5, 5.41) is 4.75. The number of carbonyl (C=O) groups excluding carboxylic acids is 1. The van der Waals surface area contributed by atoms with Gasteiger partial charge in [-0.15, -0.1) is 11.3 Å². The van der Waals surface area contributed by atoms with Gasteiger partial charge in [0, 0.05) is 37.2 Å². The third kappa shape index (κ3) is 4.96. The highest BCUT2D eigenvalue weighted by Gasteiger charge is 2.33. The number of hydrogen-bond donors (Lipinski definition) is 1. The number of rotatable bonds is 8. The van der Waals surface area contributed by atoms with Gasteiger partial charge in [0.15, 0.2) is 0 Å². The van der Waals surface area contributed by atoms with Crippen molar-refractivity contribution in [2.45, 2.75) is 30.5 Å². The first-order valence-electron chi connectivity index (χ1n) is 9.89. The van der Waals surface area contributed by atoms with Crippen molar-refractivity contribution in [1.82, 2.24) is 9.62 Å². The molecule has 164 valence electrons. The van der Waals surface area contributed by atoms with Crippen LogP contribution >= 0.6 is 11.3 Å². The lowest BCUT2D eigenvalue weighted by Gasteiger charge is -2.33. The average molecular weight is 453 g/mol. The Kier molecular flexibility index (Phi) is 7.38. The topological polar surface area (TPSA) is 84.9 Å². The van der Waals surface area contributed by atoms with Crippen molar-refractivity contribution < 1.29 is 22.7 Å². The Bertz CT molecular complexity index is 952. The Hall–Kier alpha value is -2.10. The van der Waals surface area contributed by atoms with Crippen LogP contribution in [0.25, 0.3) is 0 Å². The molecule has 0 radical (unpaired) electrons. The largest absolute Gasteiger partial charge is 0.497 e. The van der Waals surface area contributed by atoms with Gasteiger partial charge >= 0.3 is 0 Å². The Labute approximate surface area is 182 Å². The van der Waals surface area contributed by atoms with Crippen LogP contribution in [0.3, 0.4) is 0 Å². The zero-order chi connectivity index (χ0) is 21.7. The Morgan fingerprint density at radius 2 is 1.97 bits per heavy atom. The lowest BCUT2D eigenvalue weighted by molar-refractivity contribution is -0.126. The van der Waals surface area contributed by atoms with Crippen molar-refractivity contribution in [3.05, 3.63) is 41.3 Å². The van der Waals surface area contributed by atoms with Crippen LogP contribution in [0, 0.1) is 11.8 Å². The summed E-state index contributed by atoms with van der Waals surface area (Å²) in [6.07, 6.45) is 1.34. The Morgan fingerprint density at radius 1 is 1.23 bits per heavy atom. The monoisotopic (exact) mass is 452 g/mol. The summed E-state index contributed by atoms with van der Waals surface area (Å²) < 4.78 is 37.8. The maximum atomic E-state index is 12.7. The van der Waals surface area contributed by atoms with E-state index in [1.165, 1.54) is 15.6 Å². The number of benzene rings is 1. The zero-order valence-corrected chi connectivity index (χ0v) is 19.1. The molecule has 1 amide bonds. The predicted octanol–water partition coefficient (Wildman–Crippen LogP) is 3.12. The number of nitrogens with one attached hydrogen (secondary N) is 1. The molecule has 1 fully saturated rings. The summed E-state index contributed by atoms with van der Waals surface area (Å²) >= 11 is 1.23. The number of carbonyl (C=O) groups is 1. The lowest BCUT2D eigenvalue weighted by Crippen LogP contribution is -2.42. The van der Waals surface area contributed by atoms with Gasteiger partial charge in [0.1, 0.15) is 15.7 Å². The molecule has 2 heterocycles. The number of hydrogen-bond acceptors (Lipinski definition) is 6. The first-order valence-corrected chi connectivity index (χ1v) is 12.2. The molecule has 0 bridgehead atoms. The van der Waals surface area contributed by atoms with Gasteiger partial charge in [-0.25, -0.2) is 8.42 Å². The lowest BCUT2D eigenvalue weighted by atomic mass is 9.85. The van der Waals surface area contributed by atoms with Crippen LogP contribution in [0.5, 0.6) is 11.5 Å². The second kappa shape index (κ2) is 9.80. The van der Waals surface area contributed by atoms with E-state index in [0.717, 1.165) is 5.56 Å². The van der Waals surface area contributed by atoms with Gasteiger partial charge < -0.3 is 14.8 Å². The molecule has 30 heavy (non-hydrogen) atoms. The summed E-state index contributed by atoms with van der Waals surface area (Å²) in [4.78, 5) is 12.7. The SMILES string of the molecule is COc1ccc(CNC(=O)C(C)C2CCN(S(=O)(=O)c3cccs3)CC2)c(OC)c1. The summed E-state index contributed by atoms with van der Waals surface area (Å²) in [6.45, 7) is 3.15. The molecule has 0 saturated carbocycles. The van der Waals surface area contributed by atoms with Crippen LogP contribution in [0.2, 0.25) is 0 Å². The van der Waals surface area contributed by atoms with E-state index in [0.29, 0.717) is 48.2 Å². The van der Waals surface area contributed by atoms with Gasteiger partial charge in [-0.1, -0.05) is 13.0 Å². The third-order valence-corrected chi connectivity index (χ3v) is 8.93. The number of thiophene rings is 1. The molecule has 7 nitrogen and oxygen atoms in total. The molecule has 1 aliphatic rings. The molecular weight excluding hydrogens is 424 g/mol. The zero-order valence-electron chi connectivity index (χ0n) is 17.5.